The van der Waals surface area contributed by atoms with Crippen molar-refractivity contribution >= 4 is 6.03 Å². The molecule has 0 bridgehead atoms. The molecule has 6 heteroatoms. The van der Waals surface area contributed by atoms with Crippen LogP contribution in [0.15, 0.2) is 16.5 Å². The number of likely N-dealkylation sites (tertiary alicyclic amines) is 1. The third kappa shape index (κ3) is 3.58. The van der Waals surface area contributed by atoms with Crippen LogP contribution in [0.1, 0.15) is 50.2 Å². The van der Waals surface area contributed by atoms with Crippen LogP contribution in [-0.2, 0) is 11.2 Å². The van der Waals surface area contributed by atoms with E-state index in [2.05, 4.69) is 5.32 Å². The molecular weight excluding hydrogens is 311 g/mol. The molecule has 0 aliphatic carbocycles. The fourth-order valence-electron chi connectivity index (χ4n) is 3.60. The molecule has 5 nitrogen and oxygen atoms in total. The summed E-state index contributed by atoms with van der Waals surface area (Å²) in [5.74, 6) is 1.79. The molecule has 1 aromatic heterocycles. The zero-order valence-corrected chi connectivity index (χ0v) is 14.4. The summed E-state index contributed by atoms with van der Waals surface area (Å²) in [6.07, 6.45) is 4.03. The summed E-state index contributed by atoms with van der Waals surface area (Å²) in [5.41, 5.74) is -0.469. The topological polar surface area (TPSA) is 54.7 Å². The number of amides is 2. The van der Waals surface area contributed by atoms with Gasteiger partial charge in [0.2, 0.25) is 0 Å². The van der Waals surface area contributed by atoms with Crippen LogP contribution in [0.4, 0.5) is 9.18 Å². The van der Waals surface area contributed by atoms with Gasteiger partial charge in [0.25, 0.3) is 0 Å². The molecule has 3 heterocycles. The number of urea groups is 1. The van der Waals surface area contributed by atoms with Crippen molar-refractivity contribution in [2.45, 2.75) is 45.1 Å². The number of aryl methyl sites for hydroxylation is 1. The van der Waals surface area contributed by atoms with Gasteiger partial charge in [0.15, 0.2) is 0 Å². The van der Waals surface area contributed by atoms with Gasteiger partial charge in [-0.25, -0.2) is 4.79 Å². The zero-order chi connectivity index (χ0) is 17.0. The Kier molecular flexibility index (Phi) is 5.43. The number of nitrogens with one attached hydrogen (secondary N) is 1. The summed E-state index contributed by atoms with van der Waals surface area (Å²) in [6.45, 7) is 3.85. The molecule has 3 rings (SSSR count). The van der Waals surface area contributed by atoms with E-state index in [1.54, 1.807) is 0 Å². The van der Waals surface area contributed by atoms with Gasteiger partial charge in [-0.15, -0.1) is 0 Å². The van der Waals surface area contributed by atoms with E-state index in [1.165, 1.54) is 0 Å². The van der Waals surface area contributed by atoms with Crippen molar-refractivity contribution in [1.29, 1.82) is 0 Å². The van der Waals surface area contributed by atoms with Crippen molar-refractivity contribution in [3.8, 4) is 0 Å². The van der Waals surface area contributed by atoms with Gasteiger partial charge in [0.1, 0.15) is 11.5 Å². The van der Waals surface area contributed by atoms with Gasteiger partial charge in [-0.1, -0.05) is 6.92 Å². The molecule has 1 atom stereocenters. The van der Waals surface area contributed by atoms with Crippen LogP contribution in [0.5, 0.6) is 0 Å². The summed E-state index contributed by atoms with van der Waals surface area (Å²) >= 11 is 0. The fourth-order valence-corrected chi connectivity index (χ4v) is 3.60. The number of hydrogen-bond acceptors (Lipinski definition) is 3. The molecule has 2 fully saturated rings. The van der Waals surface area contributed by atoms with Gasteiger partial charge >= 0.3 is 6.03 Å². The van der Waals surface area contributed by atoms with E-state index in [4.69, 9.17) is 9.15 Å². The van der Waals surface area contributed by atoms with Crippen LogP contribution in [0.2, 0.25) is 0 Å². The van der Waals surface area contributed by atoms with Gasteiger partial charge in [-0.3, -0.25) is 4.39 Å². The Morgan fingerprint density at radius 2 is 2.21 bits per heavy atom. The van der Waals surface area contributed by atoms with Crippen molar-refractivity contribution in [1.82, 2.24) is 10.2 Å². The van der Waals surface area contributed by atoms with E-state index in [-0.39, 0.29) is 12.1 Å². The van der Waals surface area contributed by atoms with E-state index >= 15 is 0 Å². The maximum Gasteiger partial charge on any atom is 0.318 e. The molecule has 134 valence electrons. The highest BCUT2D eigenvalue weighted by Crippen LogP contribution is 2.34. The Morgan fingerprint density at radius 1 is 1.42 bits per heavy atom. The Bertz CT molecular complexity index is 554. The molecule has 0 spiro atoms. The largest absolute Gasteiger partial charge is 0.464 e. The molecule has 1 N–H and O–H groups in total. The van der Waals surface area contributed by atoms with Crippen LogP contribution in [0, 0.1) is 5.41 Å². The number of halogens is 1. The Morgan fingerprint density at radius 3 is 2.88 bits per heavy atom. The van der Waals surface area contributed by atoms with Crippen molar-refractivity contribution in [2.75, 3.05) is 33.0 Å². The second-order valence-electron chi connectivity index (χ2n) is 6.91. The molecule has 0 radical (unpaired) electrons. The number of ether oxygens (including phenoxy) is 1. The fraction of sp³-hybridized carbons (Fsp3) is 0.722. The van der Waals surface area contributed by atoms with Gasteiger partial charge in [0.05, 0.1) is 12.7 Å². The number of carbonyl (C=O) groups is 1. The zero-order valence-electron chi connectivity index (χ0n) is 14.4. The minimum atomic E-state index is -0.469. The lowest BCUT2D eigenvalue weighted by atomic mass is 9.81. The van der Waals surface area contributed by atoms with Crippen molar-refractivity contribution < 1.29 is 18.3 Å². The van der Waals surface area contributed by atoms with Gasteiger partial charge < -0.3 is 19.4 Å². The maximum atomic E-state index is 13.5. The number of carbonyl (C=O) groups excluding carboxylic acids is 1. The first-order valence-corrected chi connectivity index (χ1v) is 8.94. The number of nitrogens with zero attached hydrogens (tertiary/aromatic N) is 1. The lowest BCUT2D eigenvalue weighted by Gasteiger charge is -2.35. The van der Waals surface area contributed by atoms with Crippen LogP contribution in [-0.4, -0.2) is 43.9 Å². The first-order chi connectivity index (χ1) is 11.7. The highest BCUT2D eigenvalue weighted by molar-refractivity contribution is 5.75. The maximum absolute atomic E-state index is 13.5. The predicted molar refractivity (Wildman–Crippen MR) is 88.6 cm³/mol. The highest BCUT2D eigenvalue weighted by Gasteiger charge is 2.36. The first-order valence-electron chi connectivity index (χ1n) is 8.94. The monoisotopic (exact) mass is 338 g/mol. The Labute approximate surface area is 142 Å². The predicted octanol–water partition coefficient (Wildman–Crippen LogP) is 3.45. The number of alkyl halides is 1. The minimum Gasteiger partial charge on any atom is -0.464 e. The van der Waals surface area contributed by atoms with Crippen molar-refractivity contribution in [2.24, 2.45) is 5.41 Å². The molecule has 1 unspecified atom stereocenters. The molecular formula is C18H27FN2O3. The van der Waals surface area contributed by atoms with E-state index in [0.29, 0.717) is 39.1 Å². The standard InChI is InChI=1S/C18H27FN2O3/c1-2-14-5-6-16(24-14)15-4-3-9-21(15)17(22)20-13-18(12-19)7-10-23-11-8-18/h5-6,15H,2-4,7-13H2,1H3,(H,20,22). The van der Waals surface area contributed by atoms with Gasteiger partial charge in [-0.2, -0.15) is 0 Å². The van der Waals surface area contributed by atoms with Gasteiger partial charge in [-0.05, 0) is 37.8 Å². The van der Waals surface area contributed by atoms with E-state index in [0.717, 1.165) is 30.8 Å². The second-order valence-corrected chi connectivity index (χ2v) is 6.91. The summed E-state index contributed by atoms with van der Waals surface area (Å²) in [6, 6.07) is 3.81. The SMILES string of the molecule is CCc1ccc(C2CCCN2C(=O)NCC2(CF)CCOCC2)o1. The molecule has 2 saturated heterocycles. The smallest absolute Gasteiger partial charge is 0.318 e. The van der Waals surface area contributed by atoms with Gasteiger partial charge in [0, 0.05) is 38.1 Å². The first kappa shape index (κ1) is 17.3. The third-order valence-electron chi connectivity index (χ3n) is 5.32. The van der Waals surface area contributed by atoms with Crippen LogP contribution in [0.25, 0.3) is 0 Å². The van der Waals surface area contributed by atoms with E-state index < -0.39 is 12.1 Å². The summed E-state index contributed by atoms with van der Waals surface area (Å²) in [7, 11) is 0. The average molecular weight is 338 g/mol. The van der Waals surface area contributed by atoms with Crippen LogP contribution < -0.4 is 5.32 Å². The third-order valence-corrected chi connectivity index (χ3v) is 5.32. The molecule has 24 heavy (non-hydrogen) atoms. The number of furan rings is 1. The van der Waals surface area contributed by atoms with Crippen molar-refractivity contribution in [3.05, 3.63) is 23.7 Å². The van der Waals surface area contributed by atoms with E-state index in [1.807, 2.05) is 24.0 Å². The van der Waals surface area contributed by atoms with Crippen molar-refractivity contribution in [3.63, 3.8) is 0 Å². The Hall–Kier alpha value is -1.56. The Balaban J connectivity index is 1.61. The molecule has 1 aromatic rings. The van der Waals surface area contributed by atoms with Crippen LogP contribution >= 0.6 is 0 Å². The quantitative estimate of drug-likeness (QED) is 0.894. The molecule has 2 aliphatic rings. The van der Waals surface area contributed by atoms with Crippen LogP contribution in [0.3, 0.4) is 0 Å². The molecule has 2 aliphatic heterocycles. The average Bonchev–Trinajstić information content (AvgIpc) is 3.29. The normalized spacial score (nSPS) is 23.4. The van der Waals surface area contributed by atoms with E-state index in [9.17, 15) is 9.18 Å². The second kappa shape index (κ2) is 7.55. The minimum absolute atomic E-state index is 0.0127. The highest BCUT2D eigenvalue weighted by atomic mass is 19.1. The number of rotatable bonds is 5. The molecule has 2 amide bonds. The number of hydrogen-bond donors (Lipinski definition) is 1. The lowest BCUT2D eigenvalue weighted by Crippen LogP contribution is -2.47. The summed E-state index contributed by atoms with van der Waals surface area (Å²) in [5, 5.41) is 2.96. The molecule has 0 aromatic carbocycles. The lowest BCUT2D eigenvalue weighted by molar-refractivity contribution is 0.00299. The summed E-state index contributed by atoms with van der Waals surface area (Å²) < 4.78 is 24.7. The summed E-state index contributed by atoms with van der Waals surface area (Å²) in [4.78, 5) is 14.4. The molecule has 0 saturated carbocycles.